The van der Waals surface area contributed by atoms with Crippen LogP contribution in [0.15, 0.2) is 36.4 Å². The van der Waals surface area contributed by atoms with Gasteiger partial charge in [-0.05, 0) is 32.0 Å². The fourth-order valence-electron chi connectivity index (χ4n) is 1.94. The number of hydrogen-bond donors (Lipinski definition) is 2. The highest BCUT2D eigenvalue weighted by Crippen LogP contribution is 2.10. The number of nitrogens with one attached hydrogen (secondary N) is 2. The smallest absolute Gasteiger partial charge is 0.257 e. The fraction of sp³-hybridized carbons (Fsp3) is 0.267. The number of aromatic nitrogens is 2. The summed E-state index contributed by atoms with van der Waals surface area (Å²) < 4.78 is 0. The Bertz CT molecular complexity index is 594. The number of aryl methyl sites for hydroxylation is 2. The normalized spacial score (nSPS) is 10.0. The summed E-state index contributed by atoms with van der Waals surface area (Å²) in [6, 6.07) is 11.6. The number of nitrogens with zero attached hydrogens (tertiary/aromatic N) is 3. The Labute approximate surface area is 124 Å². The van der Waals surface area contributed by atoms with E-state index in [4.69, 9.17) is 0 Å². The molecule has 0 aliphatic rings. The molecule has 2 rings (SSSR count). The standard InChI is InChI=1S/C15H19N5O/c1-11-9-12(2)17-15(16-11)19-18-14(21)10-20(3)13-7-5-4-6-8-13/h4-9H,10H2,1-3H3,(H,18,21)(H,16,17,19). The van der Waals surface area contributed by atoms with Crippen molar-refractivity contribution in [2.24, 2.45) is 0 Å². The third kappa shape index (κ3) is 4.45. The van der Waals surface area contributed by atoms with Gasteiger partial charge in [-0.15, -0.1) is 0 Å². The van der Waals surface area contributed by atoms with E-state index in [-0.39, 0.29) is 12.5 Å². The number of benzene rings is 1. The maximum absolute atomic E-state index is 11.9. The average molecular weight is 285 g/mol. The van der Waals surface area contributed by atoms with Crippen molar-refractivity contribution in [2.75, 3.05) is 23.9 Å². The highest BCUT2D eigenvalue weighted by Gasteiger charge is 2.07. The number of likely N-dealkylation sites (N-methyl/N-ethyl adjacent to an activating group) is 1. The van der Waals surface area contributed by atoms with E-state index in [2.05, 4.69) is 20.8 Å². The molecule has 1 heterocycles. The Morgan fingerprint density at radius 2 is 1.76 bits per heavy atom. The van der Waals surface area contributed by atoms with Crippen molar-refractivity contribution in [3.63, 3.8) is 0 Å². The fourth-order valence-corrected chi connectivity index (χ4v) is 1.94. The second-order valence-corrected chi connectivity index (χ2v) is 4.84. The van der Waals surface area contributed by atoms with Crippen molar-refractivity contribution < 1.29 is 4.79 Å². The van der Waals surface area contributed by atoms with Crippen LogP contribution in [0.1, 0.15) is 11.4 Å². The summed E-state index contributed by atoms with van der Waals surface area (Å²) in [5.74, 6) is 0.229. The molecule has 1 aromatic carbocycles. The van der Waals surface area contributed by atoms with E-state index in [9.17, 15) is 4.79 Å². The Hall–Kier alpha value is -2.63. The number of hydrogen-bond acceptors (Lipinski definition) is 5. The highest BCUT2D eigenvalue weighted by atomic mass is 16.2. The van der Waals surface area contributed by atoms with Gasteiger partial charge in [0.25, 0.3) is 5.91 Å². The van der Waals surface area contributed by atoms with Crippen LogP contribution in [-0.2, 0) is 4.79 Å². The van der Waals surface area contributed by atoms with Crippen molar-refractivity contribution in [3.05, 3.63) is 47.8 Å². The molecule has 21 heavy (non-hydrogen) atoms. The Morgan fingerprint density at radius 3 is 2.38 bits per heavy atom. The first-order chi connectivity index (χ1) is 10.0. The number of carbonyl (C=O) groups excluding carboxylic acids is 1. The van der Waals surface area contributed by atoms with E-state index in [1.54, 1.807) is 0 Å². The molecule has 0 fully saturated rings. The molecule has 0 unspecified atom stereocenters. The second kappa shape index (κ2) is 6.69. The molecule has 2 aromatic rings. The first-order valence-electron chi connectivity index (χ1n) is 6.68. The zero-order valence-corrected chi connectivity index (χ0v) is 12.4. The van der Waals surface area contributed by atoms with Gasteiger partial charge in [0, 0.05) is 24.1 Å². The number of rotatable bonds is 5. The van der Waals surface area contributed by atoms with Crippen molar-refractivity contribution in [2.45, 2.75) is 13.8 Å². The molecular formula is C15H19N5O. The molecule has 2 N–H and O–H groups in total. The molecule has 110 valence electrons. The second-order valence-electron chi connectivity index (χ2n) is 4.84. The molecule has 0 saturated carbocycles. The lowest BCUT2D eigenvalue weighted by Gasteiger charge is -2.18. The van der Waals surface area contributed by atoms with Gasteiger partial charge in [0.1, 0.15) is 0 Å². The molecule has 1 amide bonds. The molecule has 6 nitrogen and oxygen atoms in total. The van der Waals surface area contributed by atoms with Gasteiger partial charge in [0.2, 0.25) is 5.95 Å². The zero-order chi connectivity index (χ0) is 15.2. The van der Waals surface area contributed by atoms with Crippen LogP contribution in [-0.4, -0.2) is 29.5 Å². The van der Waals surface area contributed by atoms with Crippen LogP contribution in [0.25, 0.3) is 0 Å². The van der Waals surface area contributed by atoms with Crippen LogP contribution in [0.4, 0.5) is 11.6 Å². The van der Waals surface area contributed by atoms with E-state index in [1.165, 1.54) is 0 Å². The molecular weight excluding hydrogens is 266 g/mol. The molecule has 1 aromatic heterocycles. The number of anilines is 2. The SMILES string of the molecule is Cc1cc(C)nc(NNC(=O)CN(C)c2ccccc2)n1. The van der Waals surface area contributed by atoms with E-state index < -0.39 is 0 Å². The van der Waals surface area contributed by atoms with Gasteiger partial charge in [-0.3, -0.25) is 15.6 Å². The Morgan fingerprint density at radius 1 is 1.14 bits per heavy atom. The highest BCUT2D eigenvalue weighted by molar-refractivity contribution is 5.82. The molecule has 6 heteroatoms. The number of amides is 1. The zero-order valence-electron chi connectivity index (χ0n) is 12.4. The lowest BCUT2D eigenvalue weighted by molar-refractivity contribution is -0.119. The van der Waals surface area contributed by atoms with E-state index in [1.807, 2.05) is 62.2 Å². The summed E-state index contributed by atoms with van der Waals surface area (Å²) in [5.41, 5.74) is 8.01. The average Bonchev–Trinajstić information content (AvgIpc) is 2.45. The van der Waals surface area contributed by atoms with Crippen molar-refractivity contribution in [1.82, 2.24) is 15.4 Å². The van der Waals surface area contributed by atoms with Gasteiger partial charge in [0.15, 0.2) is 0 Å². The molecule has 0 aliphatic carbocycles. The maximum Gasteiger partial charge on any atom is 0.257 e. The lowest BCUT2D eigenvalue weighted by atomic mass is 10.3. The topological polar surface area (TPSA) is 70.2 Å². The summed E-state index contributed by atoms with van der Waals surface area (Å²) in [6.07, 6.45) is 0. The lowest BCUT2D eigenvalue weighted by Crippen LogP contribution is -2.38. The predicted molar refractivity (Wildman–Crippen MR) is 83.0 cm³/mol. The molecule has 0 bridgehead atoms. The van der Waals surface area contributed by atoms with E-state index in [0.29, 0.717) is 5.95 Å². The summed E-state index contributed by atoms with van der Waals surface area (Å²) in [5, 5.41) is 0. The quantitative estimate of drug-likeness (QED) is 0.818. The monoisotopic (exact) mass is 285 g/mol. The summed E-state index contributed by atoms with van der Waals surface area (Å²) in [6.45, 7) is 4.00. The molecule has 0 aliphatic heterocycles. The van der Waals surface area contributed by atoms with Crippen LogP contribution >= 0.6 is 0 Å². The maximum atomic E-state index is 11.9. The number of hydrazine groups is 1. The van der Waals surface area contributed by atoms with Crippen LogP contribution < -0.4 is 15.8 Å². The van der Waals surface area contributed by atoms with Gasteiger partial charge in [-0.1, -0.05) is 18.2 Å². The van der Waals surface area contributed by atoms with Crippen LogP contribution in [0.2, 0.25) is 0 Å². The van der Waals surface area contributed by atoms with Gasteiger partial charge < -0.3 is 4.90 Å². The van der Waals surface area contributed by atoms with E-state index >= 15 is 0 Å². The summed E-state index contributed by atoms with van der Waals surface area (Å²) >= 11 is 0. The van der Waals surface area contributed by atoms with Crippen LogP contribution in [0.5, 0.6) is 0 Å². The first kappa shape index (κ1) is 14.8. The number of carbonyl (C=O) groups is 1. The van der Waals surface area contributed by atoms with Gasteiger partial charge >= 0.3 is 0 Å². The van der Waals surface area contributed by atoms with Crippen LogP contribution in [0.3, 0.4) is 0 Å². The minimum atomic E-state index is -0.163. The predicted octanol–water partition coefficient (Wildman–Crippen LogP) is 1.67. The minimum absolute atomic E-state index is 0.163. The van der Waals surface area contributed by atoms with Crippen molar-refractivity contribution >= 4 is 17.5 Å². The molecule has 0 radical (unpaired) electrons. The van der Waals surface area contributed by atoms with Crippen LogP contribution in [0, 0.1) is 13.8 Å². The van der Waals surface area contributed by atoms with Crippen molar-refractivity contribution in [3.8, 4) is 0 Å². The molecule has 0 spiro atoms. The van der Waals surface area contributed by atoms with Gasteiger partial charge in [-0.25, -0.2) is 9.97 Å². The van der Waals surface area contributed by atoms with E-state index in [0.717, 1.165) is 17.1 Å². The summed E-state index contributed by atoms with van der Waals surface area (Å²) in [7, 11) is 1.86. The van der Waals surface area contributed by atoms with Gasteiger partial charge in [0.05, 0.1) is 6.54 Å². The largest absolute Gasteiger partial charge is 0.365 e. The first-order valence-corrected chi connectivity index (χ1v) is 6.68. The molecule has 0 saturated heterocycles. The third-order valence-corrected chi connectivity index (χ3v) is 2.87. The Kier molecular flexibility index (Phi) is 4.71. The number of para-hydroxylation sites is 1. The minimum Gasteiger partial charge on any atom is -0.365 e. The Balaban J connectivity index is 1.87. The summed E-state index contributed by atoms with van der Waals surface area (Å²) in [4.78, 5) is 22.1. The van der Waals surface area contributed by atoms with Gasteiger partial charge in [-0.2, -0.15) is 0 Å². The van der Waals surface area contributed by atoms with Crippen molar-refractivity contribution in [1.29, 1.82) is 0 Å². The molecule has 0 atom stereocenters. The third-order valence-electron chi connectivity index (χ3n) is 2.87.